The summed E-state index contributed by atoms with van der Waals surface area (Å²) in [5, 5.41) is 18.0. The van der Waals surface area contributed by atoms with Gasteiger partial charge in [-0.05, 0) is 79.5 Å². The van der Waals surface area contributed by atoms with Crippen LogP contribution in [0.1, 0.15) is 66.1 Å². The minimum atomic E-state index is -4.86. The molecule has 0 unspecified atom stereocenters. The van der Waals surface area contributed by atoms with Crippen molar-refractivity contribution in [1.82, 2.24) is 15.1 Å². The summed E-state index contributed by atoms with van der Waals surface area (Å²) in [6.07, 6.45) is -0.243. The van der Waals surface area contributed by atoms with Gasteiger partial charge >= 0.3 is 12.1 Å². The normalized spacial score (nSPS) is 17.3. The number of carbonyl (C=O) groups excluding carboxylic acids is 2. The Hall–Kier alpha value is -3.86. The molecular formula is C28H28ClF3N4O4. The van der Waals surface area contributed by atoms with Crippen LogP contribution >= 0.6 is 11.6 Å². The van der Waals surface area contributed by atoms with Crippen LogP contribution in [0, 0.1) is 5.92 Å². The van der Waals surface area contributed by atoms with Gasteiger partial charge in [0.15, 0.2) is 5.69 Å². The molecule has 0 spiro atoms. The maximum absolute atomic E-state index is 13.5. The smallest absolute Gasteiger partial charge is 0.435 e. The van der Waals surface area contributed by atoms with Crippen molar-refractivity contribution in [3.05, 3.63) is 76.6 Å². The van der Waals surface area contributed by atoms with Crippen LogP contribution < -0.4 is 10.6 Å². The fraction of sp³-hybridized carbons (Fsp3) is 0.357. The predicted octanol–water partition coefficient (Wildman–Crippen LogP) is 6.05. The monoisotopic (exact) mass is 576 g/mol. The number of benzene rings is 2. The number of aromatic nitrogens is 2. The van der Waals surface area contributed by atoms with E-state index < -0.39 is 35.2 Å². The second-order valence-electron chi connectivity index (χ2n) is 9.80. The van der Waals surface area contributed by atoms with Gasteiger partial charge in [0.2, 0.25) is 5.91 Å². The lowest BCUT2D eigenvalue weighted by molar-refractivity contribution is -0.141. The van der Waals surface area contributed by atoms with Crippen molar-refractivity contribution in [2.45, 2.75) is 50.6 Å². The first-order chi connectivity index (χ1) is 19.0. The molecule has 0 radical (unpaired) electrons. The van der Waals surface area contributed by atoms with Gasteiger partial charge in [-0.25, -0.2) is 4.68 Å². The summed E-state index contributed by atoms with van der Waals surface area (Å²) in [7, 11) is 0. The maximum atomic E-state index is 13.5. The van der Waals surface area contributed by atoms with Crippen molar-refractivity contribution in [3.63, 3.8) is 0 Å². The lowest BCUT2D eigenvalue weighted by Gasteiger charge is -2.28. The average Bonchev–Trinajstić information content (AvgIpc) is 3.36. The molecule has 1 fully saturated rings. The van der Waals surface area contributed by atoms with Gasteiger partial charge in [0.05, 0.1) is 11.3 Å². The van der Waals surface area contributed by atoms with Gasteiger partial charge in [0, 0.05) is 36.3 Å². The number of hydrogen-bond acceptors (Lipinski definition) is 4. The van der Waals surface area contributed by atoms with Crippen LogP contribution in [0.25, 0.3) is 5.69 Å². The van der Waals surface area contributed by atoms with Crippen molar-refractivity contribution in [2.75, 3.05) is 11.9 Å². The lowest BCUT2D eigenvalue weighted by atomic mass is 9.77. The van der Waals surface area contributed by atoms with Gasteiger partial charge in [-0.15, -0.1) is 0 Å². The second kappa shape index (κ2) is 12.5. The molecule has 4 rings (SSSR count). The zero-order valence-electron chi connectivity index (χ0n) is 21.4. The predicted molar refractivity (Wildman–Crippen MR) is 143 cm³/mol. The first kappa shape index (κ1) is 29.1. The van der Waals surface area contributed by atoms with E-state index in [0.29, 0.717) is 22.3 Å². The number of amides is 2. The summed E-state index contributed by atoms with van der Waals surface area (Å²) in [4.78, 5) is 35.8. The van der Waals surface area contributed by atoms with Crippen LogP contribution in [0.5, 0.6) is 0 Å². The summed E-state index contributed by atoms with van der Waals surface area (Å²) in [6, 6.07) is 13.3. The summed E-state index contributed by atoms with van der Waals surface area (Å²) < 4.78 is 41.6. The molecule has 0 bridgehead atoms. The van der Waals surface area contributed by atoms with Gasteiger partial charge in [-0.1, -0.05) is 23.7 Å². The second-order valence-corrected chi connectivity index (χ2v) is 10.2. The molecule has 0 aliphatic heterocycles. The molecule has 2 amide bonds. The van der Waals surface area contributed by atoms with Crippen molar-refractivity contribution in [2.24, 2.45) is 5.92 Å². The molecule has 40 heavy (non-hydrogen) atoms. The van der Waals surface area contributed by atoms with E-state index >= 15 is 0 Å². The molecule has 1 saturated carbocycles. The van der Waals surface area contributed by atoms with Crippen LogP contribution in [0.4, 0.5) is 18.9 Å². The van der Waals surface area contributed by atoms with E-state index in [-0.39, 0.29) is 25.3 Å². The zero-order chi connectivity index (χ0) is 28.9. The van der Waals surface area contributed by atoms with E-state index in [4.69, 9.17) is 16.7 Å². The van der Waals surface area contributed by atoms with E-state index in [1.165, 1.54) is 24.3 Å². The highest BCUT2D eigenvalue weighted by molar-refractivity contribution is 6.30. The maximum Gasteiger partial charge on any atom is 0.435 e. The number of carboxylic acids is 1. The Bertz CT molecular complexity index is 1350. The highest BCUT2D eigenvalue weighted by Gasteiger charge is 2.39. The summed E-state index contributed by atoms with van der Waals surface area (Å²) >= 11 is 5.83. The Balaban J connectivity index is 1.28. The van der Waals surface area contributed by atoms with E-state index in [0.717, 1.165) is 42.1 Å². The fourth-order valence-electron chi connectivity index (χ4n) is 4.87. The van der Waals surface area contributed by atoms with Gasteiger partial charge in [0.1, 0.15) is 0 Å². The van der Waals surface area contributed by atoms with Gasteiger partial charge in [0.25, 0.3) is 5.91 Å². The molecule has 212 valence electrons. The van der Waals surface area contributed by atoms with Crippen molar-refractivity contribution in [3.8, 4) is 5.69 Å². The van der Waals surface area contributed by atoms with Crippen molar-refractivity contribution < 1.29 is 32.7 Å². The first-order valence-electron chi connectivity index (χ1n) is 12.8. The Morgan fingerprint density at radius 3 is 2.25 bits per heavy atom. The zero-order valence-corrected chi connectivity index (χ0v) is 22.1. The molecule has 1 aromatic heterocycles. The molecule has 0 saturated heterocycles. The summed E-state index contributed by atoms with van der Waals surface area (Å²) in [5.41, 5.74) is -0.0117. The third-order valence-electron chi connectivity index (χ3n) is 6.93. The quantitative estimate of drug-likeness (QED) is 0.287. The lowest BCUT2D eigenvalue weighted by Crippen LogP contribution is -2.29. The minimum absolute atomic E-state index is 0.145. The third-order valence-corrected chi connectivity index (χ3v) is 7.18. The molecule has 3 aromatic rings. The molecule has 8 nitrogen and oxygen atoms in total. The Morgan fingerprint density at radius 2 is 1.65 bits per heavy atom. The summed E-state index contributed by atoms with van der Waals surface area (Å²) in [5.74, 6) is -1.61. The number of aliphatic carboxylic acids is 1. The highest BCUT2D eigenvalue weighted by Crippen LogP contribution is 2.37. The number of carboxylic acid groups (broad SMARTS) is 1. The summed E-state index contributed by atoms with van der Waals surface area (Å²) in [6.45, 7) is -0.175. The molecule has 2 aromatic carbocycles. The number of halogens is 4. The third kappa shape index (κ3) is 7.62. The van der Waals surface area contributed by atoms with Gasteiger partial charge < -0.3 is 15.7 Å². The van der Waals surface area contributed by atoms with E-state index in [1.807, 2.05) is 12.1 Å². The van der Waals surface area contributed by atoms with E-state index in [9.17, 15) is 27.6 Å². The van der Waals surface area contributed by atoms with Crippen molar-refractivity contribution in [1.29, 1.82) is 0 Å². The molecule has 3 N–H and O–H groups in total. The molecular weight excluding hydrogens is 549 g/mol. The number of nitrogens with zero attached hydrogens (tertiary/aromatic N) is 2. The van der Waals surface area contributed by atoms with Crippen LogP contribution in [0.15, 0.2) is 54.7 Å². The number of alkyl halides is 3. The fourth-order valence-corrected chi connectivity index (χ4v) is 5.00. The molecule has 1 aliphatic carbocycles. The van der Waals surface area contributed by atoms with Crippen LogP contribution in [-0.4, -0.2) is 39.2 Å². The number of rotatable bonds is 9. The van der Waals surface area contributed by atoms with Crippen LogP contribution in [0.3, 0.4) is 0 Å². The van der Waals surface area contributed by atoms with E-state index in [1.54, 1.807) is 12.1 Å². The topological polar surface area (TPSA) is 113 Å². The Morgan fingerprint density at radius 1 is 1.00 bits per heavy atom. The SMILES string of the molecule is O=C(O)C[C@H]1CC[C@H](c2ccc(NC(=O)CCNC(=O)c3cn(-c4ccc(Cl)cc4)nc3C(F)(F)F)cc2)CC1. The standard InChI is InChI=1S/C28H28ClF3N4O4/c29-20-7-11-22(12-8-20)36-16-23(26(35-36)28(30,31)32)27(40)33-14-13-24(37)34-21-9-5-19(6-10-21)18-3-1-17(2-4-18)15-25(38)39/h5-12,16-18H,1-4,13-15H2,(H,33,40)(H,34,37)(H,38,39)/t17-,18-. The number of hydrogen-bond donors (Lipinski definition) is 3. The van der Waals surface area contributed by atoms with Gasteiger partial charge in [-0.3, -0.25) is 14.4 Å². The first-order valence-corrected chi connectivity index (χ1v) is 13.2. The number of carbonyl (C=O) groups is 3. The molecule has 1 heterocycles. The highest BCUT2D eigenvalue weighted by atomic mass is 35.5. The van der Waals surface area contributed by atoms with Crippen LogP contribution in [-0.2, 0) is 15.8 Å². The number of anilines is 1. The van der Waals surface area contributed by atoms with Crippen LogP contribution in [0.2, 0.25) is 5.02 Å². The molecule has 1 aliphatic rings. The Kier molecular flexibility index (Phi) is 9.14. The number of nitrogens with one attached hydrogen (secondary N) is 2. The van der Waals surface area contributed by atoms with Crippen molar-refractivity contribution >= 4 is 35.1 Å². The average molecular weight is 577 g/mol. The molecule has 12 heteroatoms. The largest absolute Gasteiger partial charge is 0.481 e. The van der Waals surface area contributed by atoms with E-state index in [2.05, 4.69) is 15.7 Å². The van der Waals surface area contributed by atoms with Gasteiger partial charge in [-0.2, -0.15) is 18.3 Å². The molecule has 0 atom stereocenters. The minimum Gasteiger partial charge on any atom is -0.481 e. The Labute approximate surface area is 233 Å².